The molecule has 88 valence electrons. The minimum atomic E-state index is 0.0165. The third-order valence-corrected chi connectivity index (χ3v) is 2.79. The highest BCUT2D eigenvalue weighted by Crippen LogP contribution is 2.15. The summed E-state index contributed by atoms with van der Waals surface area (Å²) < 4.78 is 0. The Bertz CT molecular complexity index is 732. The van der Waals surface area contributed by atoms with Gasteiger partial charge in [0.1, 0.15) is 5.82 Å². The van der Waals surface area contributed by atoms with E-state index in [1.54, 1.807) is 6.07 Å². The lowest BCUT2D eigenvalue weighted by molar-refractivity contribution is 1.36. The van der Waals surface area contributed by atoms with Crippen molar-refractivity contribution in [1.29, 1.82) is 0 Å². The highest BCUT2D eigenvalue weighted by atomic mass is 16.1. The minimum Gasteiger partial charge on any atom is -0.342 e. The van der Waals surface area contributed by atoms with Crippen LogP contribution in [-0.4, -0.2) is 4.98 Å². The van der Waals surface area contributed by atoms with Crippen LogP contribution in [0.25, 0.3) is 10.9 Å². The third kappa shape index (κ3) is 1.98. The first kappa shape index (κ1) is 10.6. The summed E-state index contributed by atoms with van der Waals surface area (Å²) in [7, 11) is 0. The van der Waals surface area contributed by atoms with Gasteiger partial charge in [0.25, 0.3) is 0 Å². The standard InChI is InChI=1S/C15H12N2O/c18-14-10-15(16-11-6-2-1-3-7-11)17-13-9-5-4-8-12(13)14/h1-10H,(H2,16,17,18). The summed E-state index contributed by atoms with van der Waals surface area (Å²) in [5, 5.41) is 3.89. The molecule has 3 nitrogen and oxygen atoms in total. The molecule has 1 aromatic heterocycles. The molecule has 0 aliphatic carbocycles. The number of para-hydroxylation sites is 2. The lowest BCUT2D eigenvalue weighted by Gasteiger charge is -2.07. The number of hydrogen-bond acceptors (Lipinski definition) is 2. The molecule has 0 saturated carbocycles. The van der Waals surface area contributed by atoms with Gasteiger partial charge in [-0.2, -0.15) is 0 Å². The van der Waals surface area contributed by atoms with E-state index in [1.165, 1.54) is 0 Å². The number of aromatic amines is 1. The molecule has 0 atom stereocenters. The molecule has 0 aliphatic heterocycles. The Morgan fingerprint density at radius 2 is 1.61 bits per heavy atom. The molecule has 0 amide bonds. The maximum Gasteiger partial charge on any atom is 0.191 e. The van der Waals surface area contributed by atoms with Crippen LogP contribution in [0, 0.1) is 0 Å². The Hall–Kier alpha value is -2.55. The van der Waals surface area contributed by atoms with Crippen LogP contribution in [0.3, 0.4) is 0 Å². The SMILES string of the molecule is O=c1cc(Nc2ccccc2)[nH]c2ccccc12. The van der Waals surface area contributed by atoms with Crippen LogP contribution < -0.4 is 10.7 Å². The van der Waals surface area contributed by atoms with Gasteiger partial charge >= 0.3 is 0 Å². The summed E-state index contributed by atoms with van der Waals surface area (Å²) in [4.78, 5) is 15.1. The summed E-state index contributed by atoms with van der Waals surface area (Å²) in [6.07, 6.45) is 0. The van der Waals surface area contributed by atoms with Crippen molar-refractivity contribution in [2.24, 2.45) is 0 Å². The number of pyridine rings is 1. The van der Waals surface area contributed by atoms with E-state index in [9.17, 15) is 4.79 Å². The minimum absolute atomic E-state index is 0.0165. The first-order valence-corrected chi connectivity index (χ1v) is 5.77. The number of benzene rings is 2. The largest absolute Gasteiger partial charge is 0.342 e. The topological polar surface area (TPSA) is 44.9 Å². The van der Waals surface area contributed by atoms with E-state index < -0.39 is 0 Å². The summed E-state index contributed by atoms with van der Waals surface area (Å²) in [6.45, 7) is 0. The zero-order valence-corrected chi connectivity index (χ0v) is 9.68. The highest BCUT2D eigenvalue weighted by molar-refractivity contribution is 5.80. The van der Waals surface area contributed by atoms with Crippen molar-refractivity contribution in [2.45, 2.75) is 0 Å². The fourth-order valence-corrected chi connectivity index (χ4v) is 1.94. The van der Waals surface area contributed by atoms with Crippen molar-refractivity contribution >= 4 is 22.4 Å². The zero-order valence-electron chi connectivity index (χ0n) is 9.68. The van der Waals surface area contributed by atoms with Crippen LogP contribution in [-0.2, 0) is 0 Å². The highest BCUT2D eigenvalue weighted by Gasteiger charge is 2.01. The van der Waals surface area contributed by atoms with Crippen molar-refractivity contribution in [3.63, 3.8) is 0 Å². The van der Waals surface area contributed by atoms with Crippen molar-refractivity contribution in [3.8, 4) is 0 Å². The van der Waals surface area contributed by atoms with Gasteiger partial charge in [-0.1, -0.05) is 30.3 Å². The zero-order chi connectivity index (χ0) is 12.4. The Labute approximate surface area is 104 Å². The molecule has 0 bridgehead atoms. The second-order valence-corrected chi connectivity index (χ2v) is 4.08. The number of aromatic nitrogens is 1. The number of anilines is 2. The van der Waals surface area contributed by atoms with Crippen LogP contribution in [0.15, 0.2) is 65.5 Å². The van der Waals surface area contributed by atoms with E-state index in [2.05, 4.69) is 10.3 Å². The van der Waals surface area contributed by atoms with Gasteiger partial charge in [-0.05, 0) is 24.3 Å². The quantitative estimate of drug-likeness (QED) is 0.717. The Balaban J connectivity index is 2.06. The van der Waals surface area contributed by atoms with Gasteiger partial charge in [0, 0.05) is 17.1 Å². The molecule has 3 rings (SSSR count). The number of fused-ring (bicyclic) bond motifs is 1. The average molecular weight is 236 g/mol. The Morgan fingerprint density at radius 1 is 0.889 bits per heavy atom. The van der Waals surface area contributed by atoms with E-state index in [1.807, 2.05) is 54.6 Å². The second kappa shape index (κ2) is 4.37. The van der Waals surface area contributed by atoms with Gasteiger partial charge in [-0.3, -0.25) is 4.79 Å². The number of rotatable bonds is 2. The van der Waals surface area contributed by atoms with Crippen LogP contribution in [0.5, 0.6) is 0 Å². The lowest BCUT2D eigenvalue weighted by Crippen LogP contribution is -2.04. The van der Waals surface area contributed by atoms with E-state index in [-0.39, 0.29) is 5.43 Å². The monoisotopic (exact) mass is 236 g/mol. The average Bonchev–Trinajstić information content (AvgIpc) is 2.40. The van der Waals surface area contributed by atoms with Crippen LogP contribution in [0.4, 0.5) is 11.5 Å². The predicted octanol–water partition coefficient (Wildman–Crippen LogP) is 3.27. The number of hydrogen-bond donors (Lipinski definition) is 2. The lowest BCUT2D eigenvalue weighted by atomic mass is 10.2. The third-order valence-electron chi connectivity index (χ3n) is 2.79. The second-order valence-electron chi connectivity index (χ2n) is 4.08. The van der Waals surface area contributed by atoms with E-state index in [0.717, 1.165) is 11.2 Å². The van der Waals surface area contributed by atoms with Gasteiger partial charge < -0.3 is 10.3 Å². The molecule has 18 heavy (non-hydrogen) atoms. The summed E-state index contributed by atoms with van der Waals surface area (Å²) in [5.74, 6) is 0.699. The molecular formula is C15H12N2O. The molecule has 3 heteroatoms. The molecule has 1 heterocycles. The van der Waals surface area contributed by atoms with E-state index in [4.69, 9.17) is 0 Å². The first-order chi connectivity index (χ1) is 8.83. The number of H-pyrrole nitrogens is 1. The molecule has 0 spiro atoms. The normalized spacial score (nSPS) is 10.4. The summed E-state index contributed by atoms with van der Waals surface area (Å²) >= 11 is 0. The molecule has 0 fully saturated rings. The maximum absolute atomic E-state index is 11.9. The van der Waals surface area contributed by atoms with Crippen molar-refractivity contribution < 1.29 is 0 Å². The molecular weight excluding hydrogens is 224 g/mol. The fourth-order valence-electron chi connectivity index (χ4n) is 1.94. The fraction of sp³-hybridized carbons (Fsp3) is 0. The molecule has 3 aromatic rings. The number of nitrogens with one attached hydrogen (secondary N) is 2. The summed E-state index contributed by atoms with van der Waals surface area (Å²) in [5.41, 5.74) is 1.80. The van der Waals surface area contributed by atoms with E-state index >= 15 is 0 Å². The van der Waals surface area contributed by atoms with Gasteiger partial charge in [0.05, 0.1) is 5.52 Å². The van der Waals surface area contributed by atoms with Gasteiger partial charge in [0.2, 0.25) is 0 Å². The van der Waals surface area contributed by atoms with Gasteiger partial charge in [0.15, 0.2) is 5.43 Å². The molecule has 2 aromatic carbocycles. The molecule has 0 radical (unpaired) electrons. The van der Waals surface area contributed by atoms with Crippen LogP contribution >= 0.6 is 0 Å². The molecule has 0 saturated heterocycles. The van der Waals surface area contributed by atoms with Crippen LogP contribution in [0.1, 0.15) is 0 Å². The first-order valence-electron chi connectivity index (χ1n) is 5.77. The summed E-state index contributed by atoms with van der Waals surface area (Å²) in [6, 6.07) is 18.8. The van der Waals surface area contributed by atoms with Crippen LogP contribution in [0.2, 0.25) is 0 Å². The van der Waals surface area contributed by atoms with Crippen molar-refractivity contribution in [2.75, 3.05) is 5.32 Å². The van der Waals surface area contributed by atoms with Crippen molar-refractivity contribution in [3.05, 3.63) is 70.9 Å². The van der Waals surface area contributed by atoms with Crippen molar-refractivity contribution in [1.82, 2.24) is 4.98 Å². The Morgan fingerprint density at radius 3 is 2.44 bits per heavy atom. The van der Waals surface area contributed by atoms with Gasteiger partial charge in [-0.15, -0.1) is 0 Å². The maximum atomic E-state index is 11.9. The predicted molar refractivity (Wildman–Crippen MR) is 74.3 cm³/mol. The van der Waals surface area contributed by atoms with Gasteiger partial charge in [-0.25, -0.2) is 0 Å². The smallest absolute Gasteiger partial charge is 0.191 e. The molecule has 0 unspecified atom stereocenters. The molecule has 0 aliphatic rings. The molecule has 2 N–H and O–H groups in total. The Kier molecular flexibility index (Phi) is 2.57. The van der Waals surface area contributed by atoms with E-state index in [0.29, 0.717) is 11.2 Å².